The van der Waals surface area contributed by atoms with Gasteiger partial charge in [0.15, 0.2) is 17.2 Å². The van der Waals surface area contributed by atoms with Gasteiger partial charge in [-0.05, 0) is 31.4 Å². The number of carbonyl (C=O) groups is 1. The second kappa shape index (κ2) is 10.1. The van der Waals surface area contributed by atoms with E-state index in [1.165, 1.54) is 17.8 Å². The highest BCUT2D eigenvalue weighted by Crippen LogP contribution is 2.38. The van der Waals surface area contributed by atoms with Gasteiger partial charge in [-0.3, -0.25) is 4.79 Å². The lowest BCUT2D eigenvalue weighted by atomic mass is 9.91. The number of fused-ring (bicyclic) bond motifs is 1. The molecular weight excluding hydrogens is 498 g/mol. The Bertz CT molecular complexity index is 1440. The van der Waals surface area contributed by atoms with Crippen molar-refractivity contribution in [1.29, 1.82) is 10.5 Å². The van der Waals surface area contributed by atoms with Crippen LogP contribution in [0.1, 0.15) is 36.9 Å². The summed E-state index contributed by atoms with van der Waals surface area (Å²) in [5, 5.41) is 40.7. The summed E-state index contributed by atoms with van der Waals surface area (Å²) in [6.07, 6.45) is 3.34. The number of halogens is 1. The summed E-state index contributed by atoms with van der Waals surface area (Å²) in [5.74, 6) is -0.0768. The molecule has 0 bridgehead atoms. The Morgan fingerprint density at radius 3 is 2.81 bits per heavy atom. The third-order valence-corrected chi connectivity index (χ3v) is 6.91. The fraction of sp³-hybridized carbons (Fsp3) is 0.417. The van der Waals surface area contributed by atoms with Crippen molar-refractivity contribution in [2.24, 2.45) is 5.92 Å². The second-order valence-electron chi connectivity index (χ2n) is 9.13. The Morgan fingerprint density at radius 2 is 2.11 bits per heavy atom. The van der Waals surface area contributed by atoms with Crippen LogP contribution in [0.5, 0.6) is 0 Å². The lowest BCUT2D eigenvalue weighted by Crippen LogP contribution is -2.44. The minimum Gasteiger partial charge on any atom is -0.469 e. The molecule has 2 fully saturated rings. The maximum Gasteiger partial charge on any atom is 0.305 e. The summed E-state index contributed by atoms with van der Waals surface area (Å²) in [6.45, 7) is 0.855. The molecule has 2 atom stereocenters. The van der Waals surface area contributed by atoms with Crippen LogP contribution < -0.4 is 15.5 Å². The average Bonchev–Trinajstić information content (AvgIpc) is 3.62. The molecule has 0 radical (unpaired) electrons. The molecule has 1 aromatic carbocycles. The van der Waals surface area contributed by atoms with Gasteiger partial charge in [-0.15, -0.1) is 5.10 Å². The number of piperidine rings is 1. The van der Waals surface area contributed by atoms with E-state index < -0.39 is 12.1 Å². The number of nitrogens with one attached hydrogen (secondary N) is 2. The Balaban J connectivity index is 1.49. The Morgan fingerprint density at radius 1 is 1.30 bits per heavy atom. The average molecular weight is 522 g/mol. The summed E-state index contributed by atoms with van der Waals surface area (Å²) < 4.78 is 6.18. The van der Waals surface area contributed by atoms with E-state index in [4.69, 9.17) is 16.3 Å². The largest absolute Gasteiger partial charge is 0.469 e. The Labute approximate surface area is 217 Å². The van der Waals surface area contributed by atoms with Crippen molar-refractivity contribution in [3.8, 4) is 12.1 Å². The van der Waals surface area contributed by atoms with Crippen molar-refractivity contribution in [3.63, 3.8) is 0 Å². The topological polar surface area (TPSA) is 164 Å². The number of anilines is 4. The number of nitrogens with zero attached hydrogens (tertiary/aromatic N) is 7. The number of aliphatic hydroxyl groups excluding tert-OH is 1. The van der Waals surface area contributed by atoms with Crippen LogP contribution in [-0.2, 0) is 9.53 Å². The monoisotopic (exact) mass is 521 g/mol. The minimum atomic E-state index is -0.645. The molecule has 12 nitrogen and oxygen atoms in total. The molecule has 1 aliphatic heterocycles. The molecule has 2 aromatic heterocycles. The van der Waals surface area contributed by atoms with Crippen LogP contribution in [0.2, 0.25) is 5.02 Å². The highest BCUT2D eigenvalue weighted by atomic mass is 35.5. The molecule has 13 heteroatoms. The van der Waals surface area contributed by atoms with Crippen LogP contribution in [0.3, 0.4) is 0 Å². The van der Waals surface area contributed by atoms with Gasteiger partial charge >= 0.3 is 5.97 Å². The fourth-order valence-corrected chi connectivity index (χ4v) is 4.66. The van der Waals surface area contributed by atoms with Crippen molar-refractivity contribution >= 4 is 46.4 Å². The zero-order valence-electron chi connectivity index (χ0n) is 20.0. The molecule has 190 valence electrons. The molecule has 0 amide bonds. The summed E-state index contributed by atoms with van der Waals surface area (Å²) >= 11 is 6.82. The van der Waals surface area contributed by atoms with Crippen LogP contribution in [-0.4, -0.2) is 63.0 Å². The smallest absolute Gasteiger partial charge is 0.305 e. The maximum atomic E-state index is 11.8. The number of benzene rings is 1. The van der Waals surface area contributed by atoms with Crippen molar-refractivity contribution in [1.82, 2.24) is 19.6 Å². The standard InChI is InChI=1S/C24H24ClN9O3/c1-37-20(36)8-14-12-33(5-4-19(14)35)18-7-13(9-26)6-17(21(18)25)30-24-31-22(29-15-2-3-15)23-28-11-16(10-27)34(23)32-24/h6-7,11,14-15,19,35H,2-5,8,12H2,1H3,(H2,29,30,31,32)/t14-,19-/m1/s1. The highest BCUT2D eigenvalue weighted by molar-refractivity contribution is 6.36. The number of methoxy groups -OCH3 is 1. The quantitative estimate of drug-likeness (QED) is 0.391. The van der Waals surface area contributed by atoms with E-state index in [1.54, 1.807) is 12.1 Å². The summed E-state index contributed by atoms with van der Waals surface area (Å²) in [4.78, 5) is 22.6. The Hall–Kier alpha value is -4.13. The third-order valence-electron chi connectivity index (χ3n) is 6.51. The molecule has 1 aliphatic carbocycles. The number of imidazole rings is 1. The lowest BCUT2D eigenvalue weighted by Gasteiger charge is -2.37. The van der Waals surface area contributed by atoms with E-state index in [1.807, 2.05) is 4.90 Å². The first-order valence-corrected chi connectivity index (χ1v) is 12.2. The van der Waals surface area contributed by atoms with Crippen LogP contribution in [0.4, 0.5) is 23.1 Å². The lowest BCUT2D eigenvalue weighted by molar-refractivity contribution is -0.142. The first-order valence-electron chi connectivity index (χ1n) is 11.8. The zero-order chi connectivity index (χ0) is 26.1. The van der Waals surface area contributed by atoms with Crippen molar-refractivity contribution < 1.29 is 14.6 Å². The molecule has 1 saturated carbocycles. The second-order valence-corrected chi connectivity index (χ2v) is 9.51. The normalized spacial score (nSPS) is 19.2. The van der Waals surface area contributed by atoms with E-state index in [0.29, 0.717) is 59.0 Å². The van der Waals surface area contributed by atoms with Gasteiger partial charge in [-0.2, -0.15) is 20.0 Å². The van der Waals surface area contributed by atoms with Crippen LogP contribution >= 0.6 is 11.6 Å². The van der Waals surface area contributed by atoms with Gasteiger partial charge in [0, 0.05) is 25.0 Å². The first kappa shape index (κ1) is 24.6. The molecule has 3 N–H and O–H groups in total. The number of hydrogen-bond acceptors (Lipinski definition) is 11. The molecule has 37 heavy (non-hydrogen) atoms. The summed E-state index contributed by atoms with van der Waals surface area (Å²) in [7, 11) is 1.31. The number of rotatable bonds is 7. The van der Waals surface area contributed by atoms with Gasteiger partial charge in [-0.1, -0.05) is 11.6 Å². The summed E-state index contributed by atoms with van der Waals surface area (Å²) in [6, 6.07) is 7.78. The number of aromatic nitrogens is 4. The molecule has 0 unspecified atom stereocenters. The molecule has 1 saturated heterocycles. The highest BCUT2D eigenvalue weighted by Gasteiger charge is 2.31. The predicted octanol–water partition coefficient (Wildman–Crippen LogP) is 2.59. The van der Waals surface area contributed by atoms with Gasteiger partial charge in [0.1, 0.15) is 6.07 Å². The zero-order valence-corrected chi connectivity index (χ0v) is 20.7. The van der Waals surface area contributed by atoms with Crippen LogP contribution in [0, 0.1) is 28.6 Å². The van der Waals surface area contributed by atoms with Crippen molar-refractivity contribution in [2.75, 3.05) is 35.7 Å². The van der Waals surface area contributed by atoms with Crippen LogP contribution in [0.25, 0.3) is 5.65 Å². The van der Waals surface area contributed by atoms with E-state index in [-0.39, 0.29) is 24.0 Å². The Kier molecular flexibility index (Phi) is 6.70. The van der Waals surface area contributed by atoms with Crippen molar-refractivity contribution in [2.45, 2.75) is 37.8 Å². The number of esters is 1. The van der Waals surface area contributed by atoms with E-state index in [9.17, 15) is 20.4 Å². The molecule has 2 aliphatic rings. The van der Waals surface area contributed by atoms with E-state index in [0.717, 1.165) is 12.8 Å². The fourth-order valence-electron chi connectivity index (χ4n) is 4.38. The predicted molar refractivity (Wildman–Crippen MR) is 135 cm³/mol. The van der Waals surface area contributed by atoms with E-state index in [2.05, 4.69) is 37.8 Å². The molecular formula is C24H24ClN9O3. The van der Waals surface area contributed by atoms with Crippen LogP contribution in [0.15, 0.2) is 18.3 Å². The number of nitriles is 2. The minimum absolute atomic E-state index is 0.0750. The van der Waals surface area contributed by atoms with Gasteiger partial charge in [0.25, 0.3) is 0 Å². The number of ether oxygens (including phenoxy) is 1. The van der Waals surface area contributed by atoms with Crippen molar-refractivity contribution in [3.05, 3.63) is 34.6 Å². The maximum absolute atomic E-state index is 11.8. The SMILES string of the molecule is COC(=O)C[C@@H]1CN(c2cc(C#N)cc(Nc3nc(NC4CC4)c4ncc(C#N)n4n3)c2Cl)CC[C@H]1O. The summed E-state index contributed by atoms with van der Waals surface area (Å²) in [5.41, 5.74) is 2.04. The van der Waals surface area contributed by atoms with E-state index >= 15 is 0 Å². The van der Waals surface area contributed by atoms with Gasteiger partial charge < -0.3 is 25.4 Å². The molecule has 3 aromatic rings. The van der Waals surface area contributed by atoms with Gasteiger partial charge in [-0.25, -0.2) is 4.98 Å². The molecule has 3 heterocycles. The van der Waals surface area contributed by atoms with Gasteiger partial charge in [0.05, 0.1) is 53.9 Å². The number of carbonyl (C=O) groups excluding carboxylic acids is 1. The number of aliphatic hydroxyl groups is 1. The first-order chi connectivity index (χ1) is 17.9. The van der Waals surface area contributed by atoms with Gasteiger partial charge in [0.2, 0.25) is 5.95 Å². The molecule has 0 spiro atoms. The molecule has 5 rings (SSSR count). The third kappa shape index (κ3) is 5.07. The number of hydrogen-bond donors (Lipinski definition) is 3.